The van der Waals surface area contributed by atoms with Gasteiger partial charge in [0.15, 0.2) is 0 Å². The second-order valence-electron chi connectivity index (χ2n) is 9.05. The highest BCUT2D eigenvalue weighted by Crippen LogP contribution is 2.33. The van der Waals surface area contributed by atoms with E-state index in [1.807, 2.05) is 0 Å². The predicted octanol–water partition coefficient (Wildman–Crippen LogP) is 4.17. The molecule has 0 radical (unpaired) electrons. The fourth-order valence-corrected chi connectivity index (χ4v) is 6.51. The highest BCUT2D eigenvalue weighted by atomic mass is 35.5. The lowest BCUT2D eigenvalue weighted by Gasteiger charge is -2.42. The van der Waals surface area contributed by atoms with Gasteiger partial charge in [-0.15, -0.1) is 0 Å². The van der Waals surface area contributed by atoms with Gasteiger partial charge in [-0.3, -0.25) is 4.31 Å². The lowest BCUT2D eigenvalue weighted by atomic mass is 10.1. The molecule has 2 fully saturated rings. The molecular formula is C25H29ClF2N4O5S. The van der Waals surface area contributed by atoms with Gasteiger partial charge in [-0.05, 0) is 56.2 Å². The van der Waals surface area contributed by atoms with Crippen molar-refractivity contribution >= 4 is 39.4 Å². The van der Waals surface area contributed by atoms with E-state index in [9.17, 15) is 26.8 Å². The number of ether oxygens (including phenoxy) is 1. The first-order valence-corrected chi connectivity index (χ1v) is 14.1. The van der Waals surface area contributed by atoms with Crippen molar-refractivity contribution in [2.45, 2.75) is 30.7 Å². The summed E-state index contributed by atoms with van der Waals surface area (Å²) in [5.74, 6) is -1.69. The number of piperazine rings is 1. The Morgan fingerprint density at radius 1 is 1.00 bits per heavy atom. The standard InChI is InChI=1S/C25H29ClF2N4O5S/c1-2-37-25(34)30-14-12-29(13-15-30)24(33)31-11-3-4-20(17-31)32(23-16-19(27)7-10-22(23)28)38(35,36)21-8-5-18(26)6-9-21/h5-10,16,20H,2-4,11-15,17H2,1H3. The van der Waals surface area contributed by atoms with Crippen molar-refractivity contribution in [3.05, 3.63) is 59.1 Å². The number of hydrogen-bond donors (Lipinski definition) is 0. The Labute approximate surface area is 225 Å². The van der Waals surface area contributed by atoms with Crippen LogP contribution in [0, 0.1) is 11.6 Å². The molecular weight excluding hydrogens is 542 g/mol. The molecule has 9 nitrogen and oxygen atoms in total. The Hall–Kier alpha value is -3.12. The molecule has 4 rings (SSSR count). The number of amides is 3. The lowest BCUT2D eigenvalue weighted by Crippen LogP contribution is -2.58. The Morgan fingerprint density at radius 3 is 2.32 bits per heavy atom. The summed E-state index contributed by atoms with van der Waals surface area (Å²) in [5.41, 5.74) is -0.428. The molecule has 0 N–H and O–H groups in total. The smallest absolute Gasteiger partial charge is 0.409 e. The summed E-state index contributed by atoms with van der Waals surface area (Å²) < 4.78 is 62.6. The second-order valence-corrected chi connectivity index (χ2v) is 11.3. The van der Waals surface area contributed by atoms with Crippen LogP contribution in [0.25, 0.3) is 0 Å². The number of urea groups is 1. The van der Waals surface area contributed by atoms with Gasteiger partial charge in [0.25, 0.3) is 10.0 Å². The predicted molar refractivity (Wildman–Crippen MR) is 138 cm³/mol. The monoisotopic (exact) mass is 570 g/mol. The molecule has 38 heavy (non-hydrogen) atoms. The summed E-state index contributed by atoms with van der Waals surface area (Å²) in [6, 6.07) is 6.91. The van der Waals surface area contributed by atoms with E-state index in [0.717, 1.165) is 22.5 Å². The number of hydrogen-bond acceptors (Lipinski definition) is 5. The van der Waals surface area contributed by atoms with Crippen LogP contribution < -0.4 is 4.31 Å². The van der Waals surface area contributed by atoms with E-state index >= 15 is 0 Å². The molecule has 0 aliphatic carbocycles. The Bertz CT molecular complexity index is 1270. The maximum absolute atomic E-state index is 15.0. The minimum absolute atomic E-state index is 0.0142. The number of anilines is 1. The summed E-state index contributed by atoms with van der Waals surface area (Å²) >= 11 is 5.93. The van der Waals surface area contributed by atoms with Crippen LogP contribution in [0.2, 0.25) is 5.02 Å². The van der Waals surface area contributed by atoms with Crippen LogP contribution in [0.15, 0.2) is 47.4 Å². The first-order chi connectivity index (χ1) is 18.1. The first kappa shape index (κ1) is 27.9. The van der Waals surface area contributed by atoms with Crippen molar-refractivity contribution in [3.8, 4) is 0 Å². The van der Waals surface area contributed by atoms with Gasteiger partial charge in [-0.25, -0.2) is 26.8 Å². The number of piperidine rings is 1. The zero-order valence-electron chi connectivity index (χ0n) is 20.9. The zero-order valence-corrected chi connectivity index (χ0v) is 22.4. The third kappa shape index (κ3) is 5.96. The molecule has 13 heteroatoms. The van der Waals surface area contributed by atoms with Gasteiger partial charge in [-0.1, -0.05) is 11.6 Å². The molecule has 0 bridgehead atoms. The van der Waals surface area contributed by atoms with Crippen LogP contribution in [0.4, 0.5) is 24.1 Å². The summed E-state index contributed by atoms with van der Waals surface area (Å²) in [4.78, 5) is 29.8. The molecule has 2 aliphatic rings. The molecule has 3 amide bonds. The number of likely N-dealkylation sites (tertiary alicyclic amines) is 1. The van der Waals surface area contributed by atoms with Crippen LogP contribution in [-0.4, -0.2) is 87.2 Å². The average Bonchev–Trinajstić information content (AvgIpc) is 2.91. The highest BCUT2D eigenvalue weighted by molar-refractivity contribution is 7.92. The Morgan fingerprint density at radius 2 is 1.66 bits per heavy atom. The third-order valence-corrected chi connectivity index (χ3v) is 8.72. The van der Waals surface area contributed by atoms with E-state index in [0.29, 0.717) is 50.6 Å². The van der Waals surface area contributed by atoms with Crippen molar-refractivity contribution in [3.63, 3.8) is 0 Å². The maximum Gasteiger partial charge on any atom is 0.409 e. The molecule has 0 aromatic heterocycles. The largest absolute Gasteiger partial charge is 0.450 e. The zero-order chi connectivity index (χ0) is 27.4. The van der Waals surface area contributed by atoms with Crippen molar-refractivity contribution in [2.75, 3.05) is 50.2 Å². The van der Waals surface area contributed by atoms with Gasteiger partial charge >= 0.3 is 12.1 Å². The molecule has 2 aromatic carbocycles. The molecule has 2 aromatic rings. The van der Waals surface area contributed by atoms with E-state index in [1.165, 1.54) is 34.1 Å². The summed E-state index contributed by atoms with van der Waals surface area (Å²) in [6.07, 6.45) is 0.365. The number of rotatable bonds is 5. The molecule has 0 saturated carbocycles. The molecule has 2 aliphatic heterocycles. The number of carbonyl (C=O) groups excluding carboxylic acids is 2. The first-order valence-electron chi connectivity index (χ1n) is 12.3. The fourth-order valence-electron chi connectivity index (χ4n) is 4.71. The molecule has 1 atom stereocenters. The minimum atomic E-state index is -4.35. The van der Waals surface area contributed by atoms with E-state index in [2.05, 4.69) is 0 Å². The number of benzene rings is 2. The molecule has 2 saturated heterocycles. The van der Waals surface area contributed by atoms with Gasteiger partial charge in [-0.2, -0.15) is 0 Å². The number of sulfonamides is 1. The highest BCUT2D eigenvalue weighted by Gasteiger charge is 2.38. The number of nitrogens with zero attached hydrogens (tertiary/aromatic N) is 4. The van der Waals surface area contributed by atoms with Gasteiger partial charge < -0.3 is 19.4 Å². The van der Waals surface area contributed by atoms with Crippen molar-refractivity contribution in [1.29, 1.82) is 0 Å². The maximum atomic E-state index is 15.0. The van der Waals surface area contributed by atoms with Crippen molar-refractivity contribution < 1.29 is 31.5 Å². The summed E-state index contributed by atoms with van der Waals surface area (Å²) in [5, 5.41) is 0.324. The Balaban J connectivity index is 1.58. The molecule has 0 spiro atoms. The second kappa shape index (κ2) is 11.7. The van der Waals surface area contributed by atoms with Crippen molar-refractivity contribution in [2.24, 2.45) is 0 Å². The quantitative estimate of drug-likeness (QED) is 0.538. The number of halogens is 3. The normalized spacial score (nSPS) is 18.3. The van der Waals surface area contributed by atoms with Crippen molar-refractivity contribution in [1.82, 2.24) is 14.7 Å². The van der Waals surface area contributed by atoms with Gasteiger partial charge in [0.05, 0.1) is 23.2 Å². The molecule has 206 valence electrons. The summed E-state index contributed by atoms with van der Waals surface area (Å²) in [6.45, 7) is 3.56. The van der Waals surface area contributed by atoms with Gasteiger partial charge in [0, 0.05) is 50.4 Å². The van der Waals surface area contributed by atoms with Gasteiger partial charge in [0.2, 0.25) is 0 Å². The van der Waals surface area contributed by atoms with E-state index < -0.39 is 39.5 Å². The van der Waals surface area contributed by atoms with E-state index in [1.54, 1.807) is 11.8 Å². The SMILES string of the molecule is CCOC(=O)N1CCN(C(=O)N2CCCC(N(c3cc(F)ccc3F)S(=O)(=O)c3ccc(Cl)cc3)C2)CC1. The van der Waals surface area contributed by atoms with Crippen LogP contribution in [0.1, 0.15) is 19.8 Å². The van der Waals surface area contributed by atoms with Gasteiger partial charge in [0.1, 0.15) is 11.6 Å². The van der Waals surface area contributed by atoms with E-state index in [-0.39, 0.29) is 24.1 Å². The van der Waals surface area contributed by atoms with Crippen LogP contribution >= 0.6 is 11.6 Å². The third-order valence-electron chi connectivity index (χ3n) is 6.59. The number of carbonyl (C=O) groups is 2. The molecule has 1 unspecified atom stereocenters. The topological polar surface area (TPSA) is 90.5 Å². The lowest BCUT2D eigenvalue weighted by molar-refractivity contribution is 0.0763. The summed E-state index contributed by atoms with van der Waals surface area (Å²) in [7, 11) is -4.35. The average molecular weight is 571 g/mol. The van der Waals surface area contributed by atoms with Crippen LogP contribution in [0.5, 0.6) is 0 Å². The fraction of sp³-hybridized carbons (Fsp3) is 0.440. The van der Waals surface area contributed by atoms with E-state index in [4.69, 9.17) is 16.3 Å². The van der Waals surface area contributed by atoms with Crippen LogP contribution in [0.3, 0.4) is 0 Å². The molecule has 2 heterocycles. The minimum Gasteiger partial charge on any atom is -0.450 e. The van der Waals surface area contributed by atoms with Crippen LogP contribution in [-0.2, 0) is 14.8 Å². The Kier molecular flexibility index (Phi) is 8.61.